The quantitative estimate of drug-likeness (QED) is 0.0909. The molecule has 4 aromatic heterocycles. The Morgan fingerprint density at radius 1 is 0.420 bits per heavy atom. The van der Waals surface area contributed by atoms with Crippen molar-refractivity contribution in [3.8, 4) is 0 Å². The number of nitrogens with zero attached hydrogens (tertiary/aromatic N) is 4. The zero-order valence-electron chi connectivity index (χ0n) is 37.4. The van der Waals surface area contributed by atoms with Crippen LogP contribution in [0.1, 0.15) is 0 Å². The minimum absolute atomic E-state index is 0.860. The second-order valence-corrected chi connectivity index (χ2v) is 25.6. The number of imidazole rings is 1. The normalized spacial score (nSPS) is 13.3. The van der Waals surface area contributed by atoms with Gasteiger partial charge >= 0.3 is 0 Å². The predicted molar refractivity (Wildman–Crippen MR) is 291 cm³/mol. The Morgan fingerprint density at radius 2 is 1.04 bits per heavy atom. The molecule has 0 fully saturated rings. The van der Waals surface area contributed by atoms with E-state index in [0.29, 0.717) is 0 Å². The van der Waals surface area contributed by atoms with Crippen LogP contribution in [0.3, 0.4) is 0 Å². The number of hydrogen-bond acceptors (Lipinski definition) is 4. The molecule has 14 rings (SSSR count). The Bertz CT molecular complexity index is 4010. The van der Waals surface area contributed by atoms with Crippen LogP contribution in [0.15, 0.2) is 260 Å². The van der Waals surface area contributed by atoms with Crippen molar-refractivity contribution in [3.63, 3.8) is 0 Å². The highest BCUT2D eigenvalue weighted by atomic mass is 28.3. The average Bonchev–Trinajstić information content (AvgIpc) is 4.08. The van der Waals surface area contributed by atoms with E-state index in [4.69, 9.17) is 14.4 Å². The minimum Gasteiger partial charge on any atom is -0.456 e. The molecule has 1 aliphatic heterocycles. The maximum Gasteiger partial charge on any atom is 0.185 e. The Kier molecular flexibility index (Phi) is 8.86. The van der Waals surface area contributed by atoms with Gasteiger partial charge in [0.2, 0.25) is 0 Å². The van der Waals surface area contributed by atoms with Crippen LogP contribution in [0.4, 0.5) is 17.2 Å². The van der Waals surface area contributed by atoms with E-state index >= 15 is 0 Å². The van der Waals surface area contributed by atoms with E-state index in [1.807, 2.05) is 18.5 Å². The summed E-state index contributed by atoms with van der Waals surface area (Å²) in [5.74, 6) is 0.860. The Balaban J connectivity index is 1.16. The first-order chi connectivity index (χ1) is 34.2. The number of para-hydroxylation sites is 2. The van der Waals surface area contributed by atoms with E-state index in [9.17, 15) is 0 Å². The summed E-state index contributed by atoms with van der Waals surface area (Å²) in [6, 6.07) is 87.8. The number of anilines is 3. The van der Waals surface area contributed by atoms with Gasteiger partial charge in [0.25, 0.3) is 0 Å². The van der Waals surface area contributed by atoms with Crippen molar-refractivity contribution in [2.24, 2.45) is 0 Å². The van der Waals surface area contributed by atoms with Crippen LogP contribution in [0.2, 0.25) is 0 Å². The molecule has 0 saturated carbocycles. The third-order valence-corrected chi connectivity index (χ3v) is 24.3. The summed E-state index contributed by atoms with van der Waals surface area (Å²) < 4.78 is 9.03. The monoisotopic (exact) mass is 914 g/mol. The molecule has 13 aromatic rings. The van der Waals surface area contributed by atoms with Crippen LogP contribution in [-0.4, -0.2) is 30.5 Å². The van der Waals surface area contributed by atoms with E-state index in [0.717, 1.165) is 55.7 Å². The molecule has 7 heteroatoms. The fourth-order valence-electron chi connectivity index (χ4n) is 12.0. The van der Waals surface area contributed by atoms with Gasteiger partial charge in [-0.25, -0.2) is 9.97 Å². The molecule has 0 radical (unpaired) electrons. The topological polar surface area (TPSA) is 46.6 Å². The summed E-state index contributed by atoms with van der Waals surface area (Å²) in [6.07, 6.45) is 5.93. The van der Waals surface area contributed by atoms with Gasteiger partial charge in [-0.3, -0.25) is 9.30 Å². The first kappa shape index (κ1) is 39.5. The summed E-state index contributed by atoms with van der Waals surface area (Å²) in [4.78, 5) is 12.7. The van der Waals surface area contributed by atoms with Crippen molar-refractivity contribution in [2.45, 2.75) is 0 Å². The SMILES string of the molecule is c1ccc([Si](c2ccccc2)(c2ccc3c(c2)N(c2ccccn2)c2ccc4oc5ccccc5c4c2[Si]3(c2ccccc2)c2ccccc2)c2ccc3c4ccccc4n4ccnc4c3c2)cc1. The molecule has 0 saturated heterocycles. The molecule has 0 atom stereocenters. The molecule has 5 heterocycles. The van der Waals surface area contributed by atoms with Crippen molar-refractivity contribution >= 4 is 124 Å². The fraction of sp³-hybridized carbons (Fsp3) is 0. The van der Waals surface area contributed by atoms with Crippen molar-refractivity contribution in [1.29, 1.82) is 0 Å². The van der Waals surface area contributed by atoms with Gasteiger partial charge in [-0.15, -0.1) is 0 Å². The maximum absolute atomic E-state index is 6.79. The number of fused-ring (bicyclic) bond motifs is 12. The van der Waals surface area contributed by atoms with E-state index < -0.39 is 16.1 Å². The van der Waals surface area contributed by atoms with Crippen molar-refractivity contribution in [1.82, 2.24) is 14.4 Å². The molecule has 0 N–H and O–H groups in total. The Morgan fingerprint density at radius 3 is 1.75 bits per heavy atom. The van der Waals surface area contributed by atoms with E-state index in [-0.39, 0.29) is 0 Å². The van der Waals surface area contributed by atoms with Gasteiger partial charge < -0.3 is 4.42 Å². The zero-order chi connectivity index (χ0) is 45.5. The van der Waals surface area contributed by atoms with Crippen LogP contribution in [0.5, 0.6) is 0 Å². The Hall–Kier alpha value is -8.63. The lowest BCUT2D eigenvalue weighted by Crippen LogP contribution is -2.78. The number of furan rings is 1. The van der Waals surface area contributed by atoms with Gasteiger partial charge in [-0.05, 0) is 89.3 Å². The van der Waals surface area contributed by atoms with Crippen LogP contribution < -0.4 is 46.4 Å². The summed E-state index contributed by atoms with van der Waals surface area (Å²) in [5, 5.41) is 16.2. The lowest BCUT2D eigenvalue weighted by atomic mass is 10.1. The highest BCUT2D eigenvalue weighted by Crippen LogP contribution is 2.42. The molecular weight excluding hydrogens is 873 g/mol. The number of aromatic nitrogens is 3. The first-order valence-electron chi connectivity index (χ1n) is 23.6. The van der Waals surface area contributed by atoms with Gasteiger partial charge in [0, 0.05) is 51.5 Å². The molecule has 1 aliphatic rings. The zero-order valence-corrected chi connectivity index (χ0v) is 39.4. The molecule has 0 bridgehead atoms. The Labute approximate surface area is 400 Å². The van der Waals surface area contributed by atoms with Crippen LogP contribution >= 0.6 is 0 Å². The molecule has 0 unspecified atom stereocenters. The molecule has 9 aromatic carbocycles. The number of hydrogen-bond donors (Lipinski definition) is 0. The van der Waals surface area contributed by atoms with E-state index in [1.54, 1.807) is 0 Å². The lowest BCUT2D eigenvalue weighted by molar-refractivity contribution is 0.669. The molecule has 0 amide bonds. The first-order valence-corrected chi connectivity index (χ1v) is 27.6. The predicted octanol–water partition coefficient (Wildman–Crippen LogP) is 9.47. The van der Waals surface area contributed by atoms with Gasteiger partial charge in [-0.2, -0.15) is 0 Å². The van der Waals surface area contributed by atoms with Crippen molar-refractivity contribution in [2.75, 3.05) is 4.90 Å². The van der Waals surface area contributed by atoms with Crippen LogP contribution in [-0.2, 0) is 0 Å². The average molecular weight is 915 g/mol. The molecule has 0 spiro atoms. The molecule has 0 aliphatic carbocycles. The number of rotatable bonds is 7. The van der Waals surface area contributed by atoms with Crippen molar-refractivity contribution in [3.05, 3.63) is 255 Å². The van der Waals surface area contributed by atoms with Crippen LogP contribution in [0, 0.1) is 0 Å². The number of benzene rings is 9. The van der Waals surface area contributed by atoms with E-state index in [2.05, 4.69) is 246 Å². The van der Waals surface area contributed by atoms with Crippen molar-refractivity contribution < 1.29 is 4.42 Å². The standard InChI is InChI=1S/C62H42N4OSi2/c1-5-19-43(20-6-1)68(44-21-7-2-8-22-44,47-32-34-49-50-27-13-15-29-53(50)65-40-39-64-62(65)52(49)41-47)48-33-37-58-55(42-48)66(59-31-17-18-38-63-59)54-35-36-57-60(51-28-14-16-30-56(51)67-57)61(54)69(58,45-23-9-3-10-24-45)46-25-11-4-12-26-46/h1-42H. The third-order valence-electron chi connectivity index (χ3n) is 14.7. The summed E-state index contributed by atoms with van der Waals surface area (Å²) in [7, 11) is -6.42. The molecule has 5 nitrogen and oxygen atoms in total. The second-order valence-electron chi connectivity index (χ2n) is 18.0. The number of pyridine rings is 2. The molecule has 324 valence electrons. The largest absolute Gasteiger partial charge is 0.456 e. The highest BCUT2D eigenvalue weighted by Gasteiger charge is 2.52. The molecule has 69 heavy (non-hydrogen) atoms. The van der Waals surface area contributed by atoms with Crippen LogP contribution in [0.25, 0.3) is 49.3 Å². The fourth-order valence-corrected chi connectivity index (χ4v) is 22.0. The smallest absolute Gasteiger partial charge is 0.185 e. The summed E-state index contributed by atoms with van der Waals surface area (Å²) in [6.45, 7) is 0. The highest BCUT2D eigenvalue weighted by molar-refractivity contribution is 7.23. The van der Waals surface area contributed by atoms with Gasteiger partial charge in [0.05, 0.1) is 5.52 Å². The molecular formula is C62H42N4OSi2. The lowest BCUT2D eigenvalue weighted by Gasteiger charge is -2.46. The summed E-state index contributed by atoms with van der Waals surface area (Å²) in [5.41, 5.74) is 6.12. The third kappa shape index (κ3) is 5.63. The van der Waals surface area contributed by atoms with Gasteiger partial charge in [0.15, 0.2) is 16.1 Å². The second kappa shape index (κ2) is 15.5. The van der Waals surface area contributed by atoms with Gasteiger partial charge in [-0.1, -0.05) is 194 Å². The van der Waals surface area contributed by atoms with E-state index in [1.165, 1.54) is 52.3 Å². The summed E-state index contributed by atoms with van der Waals surface area (Å²) >= 11 is 0. The minimum atomic E-state index is -3.23. The van der Waals surface area contributed by atoms with Gasteiger partial charge in [0.1, 0.15) is 22.6 Å². The maximum atomic E-state index is 6.79.